The van der Waals surface area contributed by atoms with E-state index in [1.807, 2.05) is 4.90 Å². The smallest absolute Gasteiger partial charge is 0.240 e. The van der Waals surface area contributed by atoms with Crippen molar-refractivity contribution in [2.45, 2.75) is 45.7 Å². The number of hydrogen-bond donors (Lipinski definition) is 1. The molecule has 1 amide bonds. The van der Waals surface area contributed by atoms with Gasteiger partial charge in [0.1, 0.15) is 0 Å². The van der Waals surface area contributed by atoms with Crippen LogP contribution in [0.1, 0.15) is 34.1 Å². The van der Waals surface area contributed by atoms with Gasteiger partial charge in [0, 0.05) is 24.0 Å². The normalized spacial score (nSPS) is 30.9. The highest BCUT2D eigenvalue weighted by Crippen LogP contribution is 2.35. The second-order valence-electron chi connectivity index (χ2n) is 5.85. The second-order valence-corrected chi connectivity index (χ2v) is 5.85. The predicted molar refractivity (Wildman–Crippen MR) is 63.2 cm³/mol. The molecule has 1 unspecified atom stereocenters. The van der Waals surface area contributed by atoms with Crippen molar-refractivity contribution in [3.8, 4) is 0 Å². The van der Waals surface area contributed by atoms with E-state index in [1.54, 1.807) is 0 Å². The van der Waals surface area contributed by atoms with E-state index in [0.717, 1.165) is 19.5 Å². The molecule has 4 heteroatoms. The van der Waals surface area contributed by atoms with E-state index in [4.69, 9.17) is 0 Å². The van der Waals surface area contributed by atoms with Crippen LogP contribution < -0.4 is 5.32 Å². The lowest BCUT2D eigenvalue weighted by Crippen LogP contribution is -2.71. The average Bonchev–Trinajstić information content (AvgIpc) is 2.00. The summed E-state index contributed by atoms with van der Waals surface area (Å²) in [6, 6.07) is 0.0436. The summed E-state index contributed by atoms with van der Waals surface area (Å²) < 4.78 is 0. The molecule has 1 atom stereocenters. The SMILES string of the molecule is CC1(C)CNC1C(=O)N1CCC1(C)C.Cl. The Morgan fingerprint density at radius 1 is 1.33 bits per heavy atom. The van der Waals surface area contributed by atoms with Crippen molar-refractivity contribution >= 4 is 18.3 Å². The zero-order valence-corrected chi connectivity index (χ0v) is 10.8. The van der Waals surface area contributed by atoms with Crippen LogP contribution in [-0.4, -0.2) is 35.5 Å². The number of likely N-dealkylation sites (tertiary alicyclic amines) is 1. The highest BCUT2D eigenvalue weighted by molar-refractivity contribution is 5.85. The van der Waals surface area contributed by atoms with Crippen LogP contribution in [0.5, 0.6) is 0 Å². The van der Waals surface area contributed by atoms with E-state index < -0.39 is 0 Å². The Labute approximate surface area is 98.0 Å². The highest BCUT2D eigenvalue weighted by atomic mass is 35.5. The van der Waals surface area contributed by atoms with Gasteiger partial charge in [0.2, 0.25) is 5.91 Å². The minimum Gasteiger partial charge on any atom is -0.336 e. The standard InChI is InChI=1S/C11H20N2O.ClH/c1-10(2)7-12-8(10)9(14)13-6-5-11(13,3)4;/h8,12H,5-7H2,1-4H3;1H. The molecule has 0 aromatic carbocycles. The summed E-state index contributed by atoms with van der Waals surface area (Å²) in [6.07, 6.45) is 1.13. The Morgan fingerprint density at radius 3 is 2.13 bits per heavy atom. The van der Waals surface area contributed by atoms with Crippen molar-refractivity contribution in [3.05, 3.63) is 0 Å². The molecule has 2 rings (SSSR count). The second kappa shape index (κ2) is 3.63. The predicted octanol–water partition coefficient (Wildman–Crippen LogP) is 1.42. The third-order valence-corrected chi connectivity index (χ3v) is 3.73. The Bertz CT molecular complexity index is 250. The lowest BCUT2D eigenvalue weighted by Gasteiger charge is -2.54. The van der Waals surface area contributed by atoms with Crippen molar-refractivity contribution in [2.24, 2.45) is 5.41 Å². The van der Waals surface area contributed by atoms with E-state index in [9.17, 15) is 4.79 Å². The van der Waals surface area contributed by atoms with Gasteiger partial charge in [-0.2, -0.15) is 0 Å². The molecule has 2 aliphatic rings. The van der Waals surface area contributed by atoms with Gasteiger partial charge in [0.15, 0.2) is 0 Å². The minimum absolute atomic E-state index is 0. The summed E-state index contributed by atoms with van der Waals surface area (Å²) in [4.78, 5) is 14.1. The van der Waals surface area contributed by atoms with Crippen molar-refractivity contribution in [2.75, 3.05) is 13.1 Å². The maximum Gasteiger partial charge on any atom is 0.240 e. The van der Waals surface area contributed by atoms with Gasteiger partial charge >= 0.3 is 0 Å². The molecule has 0 bridgehead atoms. The third-order valence-electron chi connectivity index (χ3n) is 3.73. The van der Waals surface area contributed by atoms with E-state index in [2.05, 4.69) is 33.0 Å². The fraction of sp³-hybridized carbons (Fsp3) is 0.909. The molecule has 0 aromatic rings. The zero-order chi connectivity index (χ0) is 10.6. The van der Waals surface area contributed by atoms with Crippen LogP contribution in [0.15, 0.2) is 0 Å². The molecular formula is C11H21ClN2O. The average molecular weight is 233 g/mol. The molecule has 0 spiro atoms. The summed E-state index contributed by atoms with van der Waals surface area (Å²) in [7, 11) is 0. The quantitative estimate of drug-likeness (QED) is 0.742. The first kappa shape index (κ1) is 12.8. The summed E-state index contributed by atoms with van der Waals surface area (Å²) in [5.74, 6) is 0.289. The number of carbonyl (C=O) groups excluding carboxylic acids is 1. The lowest BCUT2D eigenvalue weighted by molar-refractivity contribution is -0.154. The van der Waals surface area contributed by atoms with Gasteiger partial charge in [-0.25, -0.2) is 0 Å². The van der Waals surface area contributed by atoms with E-state index in [-0.39, 0.29) is 35.3 Å². The lowest BCUT2D eigenvalue weighted by atomic mass is 9.75. The fourth-order valence-corrected chi connectivity index (χ4v) is 2.27. The number of halogens is 1. The molecule has 1 N–H and O–H groups in total. The monoisotopic (exact) mass is 232 g/mol. The number of carbonyl (C=O) groups is 1. The first-order valence-electron chi connectivity index (χ1n) is 5.39. The van der Waals surface area contributed by atoms with Gasteiger partial charge in [-0.05, 0) is 20.3 Å². The van der Waals surface area contributed by atoms with E-state index in [0.29, 0.717) is 0 Å². The van der Waals surface area contributed by atoms with Gasteiger partial charge in [-0.3, -0.25) is 4.79 Å². The summed E-state index contributed by atoms with van der Waals surface area (Å²) in [5, 5.41) is 3.23. The van der Waals surface area contributed by atoms with Crippen LogP contribution in [0.2, 0.25) is 0 Å². The molecule has 2 heterocycles. The van der Waals surface area contributed by atoms with Crippen LogP contribution in [0, 0.1) is 5.41 Å². The molecule has 15 heavy (non-hydrogen) atoms. The Kier molecular flexibility index (Phi) is 3.10. The molecule has 2 fully saturated rings. The third kappa shape index (κ3) is 1.87. The van der Waals surface area contributed by atoms with Gasteiger partial charge in [-0.15, -0.1) is 12.4 Å². The Balaban J connectivity index is 0.00000112. The molecule has 2 aliphatic heterocycles. The number of rotatable bonds is 1. The zero-order valence-electron chi connectivity index (χ0n) is 9.96. The van der Waals surface area contributed by atoms with Crippen molar-refractivity contribution in [3.63, 3.8) is 0 Å². The Hall–Kier alpha value is -0.280. The molecule has 0 radical (unpaired) electrons. The van der Waals surface area contributed by atoms with E-state index >= 15 is 0 Å². The first-order valence-corrected chi connectivity index (χ1v) is 5.39. The molecule has 0 aromatic heterocycles. The maximum absolute atomic E-state index is 12.1. The molecule has 88 valence electrons. The number of nitrogens with one attached hydrogen (secondary N) is 1. The van der Waals surface area contributed by atoms with Gasteiger partial charge in [0.25, 0.3) is 0 Å². The Morgan fingerprint density at radius 2 is 1.93 bits per heavy atom. The topological polar surface area (TPSA) is 32.3 Å². The summed E-state index contributed by atoms with van der Waals surface area (Å²) in [6.45, 7) is 10.5. The minimum atomic E-state index is 0. The summed E-state index contributed by atoms with van der Waals surface area (Å²) in [5.41, 5.74) is 0.229. The molecule has 0 saturated carbocycles. The van der Waals surface area contributed by atoms with Crippen LogP contribution in [-0.2, 0) is 4.79 Å². The van der Waals surface area contributed by atoms with Crippen LogP contribution >= 0.6 is 12.4 Å². The summed E-state index contributed by atoms with van der Waals surface area (Å²) >= 11 is 0. The molecular weight excluding hydrogens is 212 g/mol. The molecule has 2 saturated heterocycles. The van der Waals surface area contributed by atoms with E-state index in [1.165, 1.54) is 0 Å². The van der Waals surface area contributed by atoms with Crippen LogP contribution in [0.25, 0.3) is 0 Å². The highest BCUT2D eigenvalue weighted by Gasteiger charge is 2.49. The van der Waals surface area contributed by atoms with Crippen LogP contribution in [0.3, 0.4) is 0 Å². The first-order chi connectivity index (χ1) is 6.34. The largest absolute Gasteiger partial charge is 0.336 e. The van der Waals surface area contributed by atoms with Crippen LogP contribution in [0.4, 0.5) is 0 Å². The number of hydrogen-bond acceptors (Lipinski definition) is 2. The number of amides is 1. The number of nitrogens with zero attached hydrogens (tertiary/aromatic N) is 1. The molecule has 0 aliphatic carbocycles. The van der Waals surface area contributed by atoms with Crippen molar-refractivity contribution < 1.29 is 4.79 Å². The van der Waals surface area contributed by atoms with Crippen molar-refractivity contribution in [1.29, 1.82) is 0 Å². The maximum atomic E-state index is 12.1. The van der Waals surface area contributed by atoms with Gasteiger partial charge in [-0.1, -0.05) is 13.8 Å². The van der Waals surface area contributed by atoms with Crippen molar-refractivity contribution in [1.82, 2.24) is 10.2 Å². The van der Waals surface area contributed by atoms with Gasteiger partial charge in [0.05, 0.1) is 6.04 Å². The molecule has 3 nitrogen and oxygen atoms in total. The van der Waals surface area contributed by atoms with Gasteiger partial charge < -0.3 is 10.2 Å². The fourth-order valence-electron chi connectivity index (χ4n) is 2.27.